The van der Waals surface area contributed by atoms with E-state index in [0.29, 0.717) is 36.9 Å². The standard InChI is InChI=1S/C22H25F3N4O4/c23-22(24,25)33-17-3-1-2-15(10-17)18-12-19(27-21(31)16-11-20(30)26-13-16)28-29(18)7-4-14-5-8-32-9-6-14/h1-3,10,12,14,16H,4-9,11,13H2,(H,26,30)(H,27,28,31)/t16-/m1/s1. The molecule has 0 spiro atoms. The predicted octanol–water partition coefficient (Wildman–Crippen LogP) is 3.34. The van der Waals surface area contributed by atoms with E-state index in [1.165, 1.54) is 18.2 Å². The number of hydrogen-bond donors (Lipinski definition) is 2. The van der Waals surface area contributed by atoms with Crippen LogP contribution in [0.2, 0.25) is 0 Å². The largest absolute Gasteiger partial charge is 0.573 e. The smallest absolute Gasteiger partial charge is 0.406 e. The molecule has 2 aromatic rings. The van der Waals surface area contributed by atoms with Crippen LogP contribution >= 0.6 is 0 Å². The van der Waals surface area contributed by atoms with Crippen LogP contribution < -0.4 is 15.4 Å². The number of anilines is 1. The molecule has 1 atom stereocenters. The molecule has 11 heteroatoms. The van der Waals surface area contributed by atoms with Crippen molar-refractivity contribution in [1.29, 1.82) is 0 Å². The quantitative estimate of drug-likeness (QED) is 0.653. The molecule has 2 saturated heterocycles. The summed E-state index contributed by atoms with van der Waals surface area (Å²) in [7, 11) is 0. The number of benzene rings is 1. The molecule has 0 unspecified atom stereocenters. The van der Waals surface area contributed by atoms with Crippen molar-refractivity contribution in [2.24, 2.45) is 11.8 Å². The van der Waals surface area contributed by atoms with E-state index in [1.807, 2.05) is 0 Å². The number of alkyl halides is 3. The minimum Gasteiger partial charge on any atom is -0.406 e. The van der Waals surface area contributed by atoms with Crippen LogP contribution in [0, 0.1) is 11.8 Å². The Morgan fingerprint density at radius 2 is 2.06 bits per heavy atom. The number of hydrogen-bond acceptors (Lipinski definition) is 5. The molecule has 3 heterocycles. The highest BCUT2D eigenvalue weighted by molar-refractivity contribution is 5.96. The van der Waals surface area contributed by atoms with Crippen molar-refractivity contribution < 1.29 is 32.2 Å². The van der Waals surface area contributed by atoms with E-state index >= 15 is 0 Å². The molecule has 2 N–H and O–H groups in total. The van der Waals surface area contributed by atoms with Crippen LogP contribution in [0.3, 0.4) is 0 Å². The average molecular weight is 466 g/mol. The van der Waals surface area contributed by atoms with Gasteiger partial charge in [0.15, 0.2) is 5.82 Å². The Hall–Kier alpha value is -3.08. The van der Waals surface area contributed by atoms with Crippen LogP contribution in [0.25, 0.3) is 11.3 Å². The summed E-state index contributed by atoms with van der Waals surface area (Å²) in [5, 5.41) is 9.84. The lowest BCUT2D eigenvalue weighted by Crippen LogP contribution is -2.25. The van der Waals surface area contributed by atoms with Gasteiger partial charge in [-0.25, -0.2) is 0 Å². The molecule has 2 fully saturated rings. The lowest BCUT2D eigenvalue weighted by molar-refractivity contribution is -0.274. The summed E-state index contributed by atoms with van der Waals surface area (Å²) in [6.07, 6.45) is -1.98. The minimum atomic E-state index is -4.80. The summed E-state index contributed by atoms with van der Waals surface area (Å²) >= 11 is 0. The van der Waals surface area contributed by atoms with Crippen molar-refractivity contribution in [3.63, 3.8) is 0 Å². The molecule has 1 aromatic heterocycles. The Morgan fingerprint density at radius 3 is 2.76 bits per heavy atom. The third kappa shape index (κ3) is 6.25. The number of aromatic nitrogens is 2. The topological polar surface area (TPSA) is 94.5 Å². The molecule has 0 aliphatic carbocycles. The van der Waals surface area contributed by atoms with E-state index in [0.717, 1.165) is 19.3 Å². The van der Waals surface area contributed by atoms with Crippen molar-refractivity contribution in [2.75, 3.05) is 25.1 Å². The van der Waals surface area contributed by atoms with Gasteiger partial charge in [-0.1, -0.05) is 12.1 Å². The number of ether oxygens (including phenoxy) is 2. The van der Waals surface area contributed by atoms with E-state index in [1.54, 1.807) is 16.8 Å². The molecule has 4 rings (SSSR count). The zero-order chi connectivity index (χ0) is 23.4. The molecular weight excluding hydrogens is 441 g/mol. The van der Waals surface area contributed by atoms with E-state index in [4.69, 9.17) is 4.74 Å². The van der Waals surface area contributed by atoms with Gasteiger partial charge in [0.2, 0.25) is 11.8 Å². The van der Waals surface area contributed by atoms with Gasteiger partial charge < -0.3 is 20.1 Å². The van der Waals surface area contributed by atoms with Gasteiger partial charge in [0.25, 0.3) is 0 Å². The van der Waals surface area contributed by atoms with Crippen molar-refractivity contribution in [3.05, 3.63) is 30.3 Å². The SMILES string of the molecule is O=C1C[C@@H](C(=O)Nc2cc(-c3cccc(OC(F)(F)F)c3)n(CCC3CCOCC3)n2)CN1. The first kappa shape index (κ1) is 23.1. The Bertz CT molecular complexity index is 1000. The second kappa shape index (κ2) is 9.82. The second-order valence-electron chi connectivity index (χ2n) is 8.25. The van der Waals surface area contributed by atoms with Gasteiger partial charge in [0.05, 0.1) is 11.6 Å². The highest BCUT2D eigenvalue weighted by Crippen LogP contribution is 2.30. The molecule has 0 bridgehead atoms. The maximum absolute atomic E-state index is 12.7. The lowest BCUT2D eigenvalue weighted by atomic mass is 9.96. The predicted molar refractivity (Wildman–Crippen MR) is 112 cm³/mol. The number of carbonyl (C=O) groups is 2. The van der Waals surface area contributed by atoms with E-state index in [9.17, 15) is 22.8 Å². The number of rotatable bonds is 7. The van der Waals surface area contributed by atoms with Crippen LogP contribution in [0.4, 0.5) is 19.0 Å². The Labute approximate surface area is 188 Å². The molecule has 8 nitrogen and oxygen atoms in total. The van der Waals surface area contributed by atoms with Gasteiger partial charge in [0, 0.05) is 44.4 Å². The number of nitrogens with zero attached hydrogens (tertiary/aromatic N) is 2. The summed E-state index contributed by atoms with van der Waals surface area (Å²) in [5.41, 5.74) is 1.04. The third-order valence-electron chi connectivity index (χ3n) is 5.83. The zero-order valence-corrected chi connectivity index (χ0v) is 17.9. The summed E-state index contributed by atoms with van der Waals surface area (Å²) in [4.78, 5) is 23.9. The van der Waals surface area contributed by atoms with Gasteiger partial charge >= 0.3 is 6.36 Å². The molecule has 1 aromatic carbocycles. The van der Waals surface area contributed by atoms with Crippen LogP contribution in [-0.2, 0) is 20.9 Å². The van der Waals surface area contributed by atoms with Gasteiger partial charge in [-0.05, 0) is 37.3 Å². The number of carbonyl (C=O) groups excluding carboxylic acids is 2. The highest BCUT2D eigenvalue weighted by atomic mass is 19.4. The molecule has 2 amide bonds. The van der Waals surface area contributed by atoms with E-state index < -0.39 is 12.3 Å². The first-order chi connectivity index (χ1) is 15.8. The van der Waals surface area contributed by atoms with Crippen molar-refractivity contribution >= 4 is 17.6 Å². The fourth-order valence-corrected chi connectivity index (χ4v) is 4.09. The molecule has 0 saturated carbocycles. The molecule has 0 radical (unpaired) electrons. The van der Waals surface area contributed by atoms with Gasteiger partial charge in [-0.3, -0.25) is 14.3 Å². The van der Waals surface area contributed by atoms with Gasteiger partial charge in [-0.2, -0.15) is 5.10 Å². The third-order valence-corrected chi connectivity index (χ3v) is 5.83. The minimum absolute atomic E-state index is 0.111. The molecule has 33 heavy (non-hydrogen) atoms. The number of aryl methyl sites for hydroxylation is 1. The first-order valence-corrected chi connectivity index (χ1v) is 10.9. The molecule has 2 aliphatic heterocycles. The highest BCUT2D eigenvalue weighted by Gasteiger charge is 2.31. The number of halogens is 3. The molecular formula is C22H25F3N4O4. The normalized spacial score (nSPS) is 19.4. The van der Waals surface area contributed by atoms with Crippen LogP contribution in [-0.4, -0.2) is 47.7 Å². The first-order valence-electron chi connectivity index (χ1n) is 10.9. The van der Waals surface area contributed by atoms with Crippen LogP contribution in [0.5, 0.6) is 5.75 Å². The number of nitrogens with one attached hydrogen (secondary N) is 2. The van der Waals surface area contributed by atoms with Crippen molar-refractivity contribution in [3.8, 4) is 17.0 Å². The maximum atomic E-state index is 12.7. The van der Waals surface area contributed by atoms with Gasteiger partial charge in [-0.15, -0.1) is 13.2 Å². The van der Waals surface area contributed by atoms with E-state index in [2.05, 4.69) is 20.5 Å². The van der Waals surface area contributed by atoms with Gasteiger partial charge in [0.1, 0.15) is 5.75 Å². The van der Waals surface area contributed by atoms with Crippen LogP contribution in [0.1, 0.15) is 25.7 Å². The zero-order valence-electron chi connectivity index (χ0n) is 17.9. The summed E-state index contributed by atoms with van der Waals surface area (Å²) in [5.74, 6) is -0.592. The summed E-state index contributed by atoms with van der Waals surface area (Å²) < 4.78 is 49.2. The summed E-state index contributed by atoms with van der Waals surface area (Å²) in [6, 6.07) is 7.28. The van der Waals surface area contributed by atoms with Crippen molar-refractivity contribution in [2.45, 2.75) is 38.6 Å². The number of amides is 2. The second-order valence-corrected chi connectivity index (χ2v) is 8.25. The Morgan fingerprint density at radius 1 is 1.27 bits per heavy atom. The fraction of sp³-hybridized carbons (Fsp3) is 0.500. The average Bonchev–Trinajstić information content (AvgIpc) is 3.38. The maximum Gasteiger partial charge on any atom is 0.573 e. The fourth-order valence-electron chi connectivity index (χ4n) is 4.09. The Balaban J connectivity index is 1.56. The molecule has 178 valence electrons. The lowest BCUT2D eigenvalue weighted by Gasteiger charge is -2.22. The van der Waals surface area contributed by atoms with Crippen LogP contribution in [0.15, 0.2) is 30.3 Å². The monoisotopic (exact) mass is 466 g/mol. The van der Waals surface area contributed by atoms with Crippen molar-refractivity contribution in [1.82, 2.24) is 15.1 Å². The Kier molecular flexibility index (Phi) is 6.87. The van der Waals surface area contributed by atoms with E-state index in [-0.39, 0.29) is 36.3 Å². The summed E-state index contributed by atoms with van der Waals surface area (Å²) in [6.45, 7) is 2.22. The molecule has 2 aliphatic rings.